The van der Waals surface area contributed by atoms with Crippen LogP contribution >= 0.6 is 0 Å². The summed E-state index contributed by atoms with van der Waals surface area (Å²) in [6.45, 7) is 6.09. The molecule has 0 saturated heterocycles. The van der Waals surface area contributed by atoms with Crippen LogP contribution in [0.25, 0.3) is 0 Å². The lowest BCUT2D eigenvalue weighted by Crippen LogP contribution is -2.16. The first-order valence-electron chi connectivity index (χ1n) is 6.40. The van der Waals surface area contributed by atoms with Crippen LogP contribution in [0.1, 0.15) is 32.8 Å². The number of aromatic hydroxyl groups is 1. The Morgan fingerprint density at radius 1 is 1.35 bits per heavy atom. The average Bonchev–Trinajstić information content (AvgIpc) is 2.36. The molecule has 0 aliphatic carbocycles. The van der Waals surface area contributed by atoms with Crippen LogP contribution in [0.3, 0.4) is 0 Å². The molecular weight excluding hydrogens is 276 g/mol. The second kappa shape index (κ2) is 5.83. The third-order valence-electron chi connectivity index (χ3n) is 3.32. The number of sulfonamides is 1. The van der Waals surface area contributed by atoms with Gasteiger partial charge in [-0.2, -0.15) is 8.42 Å². The standard InChI is InChI=1S/C14H22N2O3S/c1-6-14(2,3)11-7-8-12(17)13(9-11)20(18,19)15-10-16(4)5/h7-10,17H,6H2,1-5H3/b15-10+. The molecule has 0 aromatic heterocycles. The second-order valence-corrected chi connectivity index (χ2v) is 7.18. The maximum atomic E-state index is 12.1. The molecule has 0 aliphatic rings. The van der Waals surface area contributed by atoms with E-state index < -0.39 is 10.0 Å². The van der Waals surface area contributed by atoms with Crippen LogP contribution in [-0.4, -0.2) is 38.9 Å². The van der Waals surface area contributed by atoms with E-state index >= 15 is 0 Å². The van der Waals surface area contributed by atoms with Gasteiger partial charge in [-0.1, -0.05) is 26.8 Å². The summed E-state index contributed by atoms with van der Waals surface area (Å²) in [5.74, 6) is -0.281. The minimum Gasteiger partial charge on any atom is -0.507 e. The van der Waals surface area contributed by atoms with E-state index in [1.807, 2.05) is 20.8 Å². The fourth-order valence-electron chi connectivity index (χ4n) is 1.56. The highest BCUT2D eigenvalue weighted by molar-refractivity contribution is 7.90. The first-order chi connectivity index (χ1) is 9.10. The van der Waals surface area contributed by atoms with Crippen LogP contribution in [0.15, 0.2) is 27.5 Å². The van der Waals surface area contributed by atoms with Crippen molar-refractivity contribution in [2.75, 3.05) is 14.1 Å². The minimum absolute atomic E-state index is 0.158. The Labute approximate surface area is 121 Å². The Hall–Kier alpha value is -1.56. The van der Waals surface area contributed by atoms with Gasteiger partial charge >= 0.3 is 0 Å². The summed E-state index contributed by atoms with van der Waals surface area (Å²) in [7, 11) is -0.547. The zero-order valence-corrected chi connectivity index (χ0v) is 13.4. The van der Waals surface area contributed by atoms with Gasteiger partial charge in [-0.05, 0) is 29.5 Å². The maximum absolute atomic E-state index is 12.1. The molecule has 0 radical (unpaired) electrons. The highest BCUT2D eigenvalue weighted by Crippen LogP contribution is 2.32. The van der Waals surface area contributed by atoms with Crippen molar-refractivity contribution in [3.63, 3.8) is 0 Å². The Morgan fingerprint density at radius 3 is 2.45 bits per heavy atom. The Balaban J connectivity index is 3.35. The normalized spacial score (nSPS) is 12.8. The number of hydrogen-bond acceptors (Lipinski definition) is 3. The summed E-state index contributed by atoms with van der Waals surface area (Å²) in [6, 6.07) is 4.65. The number of phenols is 1. The van der Waals surface area contributed by atoms with Gasteiger partial charge in [0.2, 0.25) is 0 Å². The molecule has 6 heteroatoms. The number of hydrogen-bond donors (Lipinski definition) is 1. The summed E-state index contributed by atoms with van der Waals surface area (Å²) in [4.78, 5) is 1.36. The molecule has 1 aromatic rings. The SMILES string of the molecule is CCC(C)(C)c1ccc(O)c(S(=O)(=O)/N=C/N(C)C)c1. The highest BCUT2D eigenvalue weighted by Gasteiger charge is 2.23. The number of nitrogens with zero attached hydrogens (tertiary/aromatic N) is 2. The predicted octanol–water partition coefficient (Wildman–Crippen LogP) is 2.36. The summed E-state index contributed by atoms with van der Waals surface area (Å²) >= 11 is 0. The van der Waals surface area contributed by atoms with E-state index in [0.717, 1.165) is 12.0 Å². The Kier molecular flexibility index (Phi) is 4.81. The zero-order valence-electron chi connectivity index (χ0n) is 12.6. The summed E-state index contributed by atoms with van der Waals surface area (Å²) < 4.78 is 27.8. The fraction of sp³-hybridized carbons (Fsp3) is 0.500. The molecule has 1 rings (SSSR count). The summed E-state index contributed by atoms with van der Waals surface area (Å²) in [5.41, 5.74) is 0.694. The maximum Gasteiger partial charge on any atom is 0.287 e. The number of benzene rings is 1. The third kappa shape index (κ3) is 3.72. The summed E-state index contributed by atoms with van der Waals surface area (Å²) in [6.07, 6.45) is 2.06. The van der Waals surface area contributed by atoms with Crippen LogP contribution in [0.2, 0.25) is 0 Å². The van der Waals surface area contributed by atoms with Crippen molar-refractivity contribution in [2.24, 2.45) is 4.40 Å². The van der Waals surface area contributed by atoms with Crippen molar-refractivity contribution in [2.45, 2.75) is 37.5 Å². The first kappa shape index (κ1) is 16.5. The van der Waals surface area contributed by atoms with E-state index in [0.29, 0.717) is 0 Å². The quantitative estimate of drug-likeness (QED) is 0.669. The highest BCUT2D eigenvalue weighted by atomic mass is 32.2. The fourth-order valence-corrected chi connectivity index (χ4v) is 2.59. The lowest BCUT2D eigenvalue weighted by atomic mass is 9.82. The molecule has 5 nitrogen and oxygen atoms in total. The molecule has 0 bridgehead atoms. The number of phenolic OH excluding ortho intramolecular Hbond substituents is 1. The van der Waals surface area contributed by atoms with Crippen LogP contribution in [0, 0.1) is 0 Å². The third-order valence-corrected chi connectivity index (χ3v) is 4.57. The topological polar surface area (TPSA) is 70.0 Å². The molecule has 0 saturated carbocycles. The molecule has 0 atom stereocenters. The van der Waals surface area contributed by atoms with Crippen molar-refractivity contribution in [3.8, 4) is 5.75 Å². The summed E-state index contributed by atoms with van der Waals surface area (Å²) in [5, 5.41) is 9.81. The predicted molar refractivity (Wildman–Crippen MR) is 80.8 cm³/mol. The van der Waals surface area contributed by atoms with E-state index in [2.05, 4.69) is 4.40 Å². The van der Waals surface area contributed by atoms with E-state index in [-0.39, 0.29) is 16.1 Å². The van der Waals surface area contributed by atoms with Gasteiger partial charge in [0, 0.05) is 14.1 Å². The largest absolute Gasteiger partial charge is 0.507 e. The van der Waals surface area contributed by atoms with Crippen LogP contribution < -0.4 is 0 Å². The molecule has 0 aliphatic heterocycles. The van der Waals surface area contributed by atoms with Crippen molar-refractivity contribution >= 4 is 16.4 Å². The van der Waals surface area contributed by atoms with E-state index in [1.54, 1.807) is 20.2 Å². The van der Waals surface area contributed by atoms with Crippen LogP contribution in [0.5, 0.6) is 5.75 Å². The minimum atomic E-state index is -3.90. The molecule has 0 amide bonds. The van der Waals surface area contributed by atoms with Crippen molar-refractivity contribution in [1.29, 1.82) is 0 Å². The van der Waals surface area contributed by atoms with E-state index in [4.69, 9.17) is 0 Å². The Morgan fingerprint density at radius 2 is 1.95 bits per heavy atom. The first-order valence-corrected chi connectivity index (χ1v) is 7.84. The van der Waals surface area contributed by atoms with Gasteiger partial charge in [0.15, 0.2) is 0 Å². The molecule has 0 unspecified atom stereocenters. The average molecular weight is 298 g/mol. The lowest BCUT2D eigenvalue weighted by Gasteiger charge is -2.23. The zero-order chi connectivity index (χ0) is 15.6. The molecule has 1 N–H and O–H groups in total. The van der Waals surface area contributed by atoms with Gasteiger partial charge in [0.1, 0.15) is 17.0 Å². The molecule has 112 valence electrons. The molecule has 20 heavy (non-hydrogen) atoms. The van der Waals surface area contributed by atoms with Gasteiger partial charge in [-0.15, -0.1) is 4.40 Å². The molecule has 1 aromatic carbocycles. The molecule has 0 fully saturated rings. The lowest BCUT2D eigenvalue weighted by molar-refractivity contribution is 0.454. The Bertz CT molecular complexity index is 605. The van der Waals surface area contributed by atoms with Gasteiger partial charge in [-0.3, -0.25) is 0 Å². The van der Waals surface area contributed by atoms with E-state index in [1.165, 1.54) is 23.4 Å². The smallest absolute Gasteiger partial charge is 0.287 e. The van der Waals surface area contributed by atoms with Gasteiger partial charge < -0.3 is 10.0 Å². The number of rotatable bonds is 5. The van der Waals surface area contributed by atoms with Crippen molar-refractivity contribution in [1.82, 2.24) is 4.90 Å². The van der Waals surface area contributed by atoms with Crippen LogP contribution in [0.4, 0.5) is 0 Å². The van der Waals surface area contributed by atoms with Gasteiger partial charge in [0.05, 0.1) is 0 Å². The van der Waals surface area contributed by atoms with Crippen LogP contribution in [-0.2, 0) is 15.4 Å². The molecular formula is C14H22N2O3S. The van der Waals surface area contributed by atoms with E-state index in [9.17, 15) is 13.5 Å². The molecule has 0 spiro atoms. The van der Waals surface area contributed by atoms with Crippen molar-refractivity contribution in [3.05, 3.63) is 23.8 Å². The van der Waals surface area contributed by atoms with Crippen molar-refractivity contribution < 1.29 is 13.5 Å². The molecule has 0 heterocycles. The van der Waals surface area contributed by atoms with Gasteiger partial charge in [-0.25, -0.2) is 0 Å². The van der Waals surface area contributed by atoms with Gasteiger partial charge in [0.25, 0.3) is 10.0 Å². The second-order valence-electron chi connectivity index (χ2n) is 5.58. The monoisotopic (exact) mass is 298 g/mol.